The van der Waals surface area contributed by atoms with Crippen LogP contribution in [0.2, 0.25) is 0 Å². The van der Waals surface area contributed by atoms with Gasteiger partial charge in [-0.25, -0.2) is 14.8 Å². The normalized spacial score (nSPS) is 11.6. The van der Waals surface area contributed by atoms with Gasteiger partial charge in [0.05, 0.1) is 42.6 Å². The first-order valence-corrected chi connectivity index (χ1v) is 11.0. The number of nitrogens with one attached hydrogen (secondary N) is 1. The zero-order chi connectivity index (χ0) is 23.9. The van der Waals surface area contributed by atoms with Gasteiger partial charge in [0.25, 0.3) is 0 Å². The van der Waals surface area contributed by atoms with Crippen molar-refractivity contribution in [2.24, 2.45) is 0 Å². The van der Waals surface area contributed by atoms with E-state index in [1.54, 1.807) is 36.8 Å². The van der Waals surface area contributed by atoms with Gasteiger partial charge in [-0.2, -0.15) is 5.26 Å². The van der Waals surface area contributed by atoms with Crippen molar-refractivity contribution in [1.82, 2.24) is 19.5 Å². The maximum atomic E-state index is 12.5. The molecule has 1 N–H and O–H groups in total. The first-order chi connectivity index (χ1) is 15.8. The molecule has 4 aromatic heterocycles. The number of aryl methyl sites for hydroxylation is 2. The number of carbonyl (C=O) groups is 1. The van der Waals surface area contributed by atoms with Gasteiger partial charge < -0.3 is 19.0 Å². The van der Waals surface area contributed by atoms with Gasteiger partial charge in [0, 0.05) is 22.3 Å². The minimum atomic E-state index is -0.361. The van der Waals surface area contributed by atoms with E-state index in [-0.39, 0.29) is 5.97 Å². The molecule has 0 amide bonds. The molecule has 0 aliphatic heterocycles. The number of hydrogen-bond acceptors (Lipinski definition) is 7. The molecule has 4 aromatic rings. The van der Waals surface area contributed by atoms with Gasteiger partial charge in [0.1, 0.15) is 16.9 Å². The lowest BCUT2D eigenvalue weighted by Crippen LogP contribution is -2.08. The van der Waals surface area contributed by atoms with Crippen molar-refractivity contribution in [2.45, 2.75) is 27.7 Å². The van der Waals surface area contributed by atoms with Crippen molar-refractivity contribution in [1.29, 1.82) is 5.26 Å². The number of methoxy groups -OCH3 is 2. The zero-order valence-corrected chi connectivity index (χ0v) is 20.0. The smallest absolute Gasteiger partial charge is 0.341 e. The van der Waals surface area contributed by atoms with Crippen LogP contribution < -0.4 is 4.74 Å². The number of carbonyl (C=O) groups excluding carboxylic acids is 1. The molecule has 0 fully saturated rings. The topological polar surface area (TPSA) is 106 Å². The molecule has 0 spiro atoms. The summed E-state index contributed by atoms with van der Waals surface area (Å²) in [6.45, 7) is 7.85. The number of allylic oxidation sites excluding steroid dienone is 1. The summed E-state index contributed by atoms with van der Waals surface area (Å²) in [6, 6.07) is 5.94. The number of pyridine rings is 1. The monoisotopic (exact) mass is 461 g/mol. The van der Waals surface area contributed by atoms with Gasteiger partial charge in [-0.1, -0.05) is 0 Å². The first-order valence-electron chi connectivity index (χ1n) is 10.2. The molecular weight excluding hydrogens is 438 g/mol. The van der Waals surface area contributed by atoms with Crippen LogP contribution in [-0.2, 0) is 4.74 Å². The van der Waals surface area contributed by atoms with Crippen molar-refractivity contribution in [3.8, 4) is 17.0 Å². The lowest BCUT2D eigenvalue weighted by atomic mass is 10.1. The molecule has 0 unspecified atom stereocenters. The van der Waals surface area contributed by atoms with E-state index >= 15 is 0 Å². The van der Waals surface area contributed by atoms with E-state index < -0.39 is 0 Å². The van der Waals surface area contributed by atoms with Crippen LogP contribution in [-0.4, -0.2) is 39.7 Å². The number of aromatic nitrogens is 4. The number of aromatic amines is 1. The zero-order valence-electron chi connectivity index (χ0n) is 19.2. The van der Waals surface area contributed by atoms with Crippen molar-refractivity contribution in [3.63, 3.8) is 0 Å². The Morgan fingerprint density at radius 2 is 2.00 bits per heavy atom. The van der Waals surface area contributed by atoms with Gasteiger partial charge >= 0.3 is 5.97 Å². The van der Waals surface area contributed by atoms with E-state index in [0.717, 1.165) is 32.4 Å². The molecule has 0 radical (unpaired) electrons. The minimum absolute atomic E-state index is 0.361. The maximum absolute atomic E-state index is 12.5. The average Bonchev–Trinajstić information content (AvgIpc) is 3.44. The van der Waals surface area contributed by atoms with Crippen LogP contribution in [0.5, 0.6) is 5.88 Å². The summed E-state index contributed by atoms with van der Waals surface area (Å²) in [4.78, 5) is 25.4. The number of nitrogens with zero attached hydrogens (tertiary/aromatic N) is 4. The fourth-order valence-corrected chi connectivity index (χ4v) is 5.05. The van der Waals surface area contributed by atoms with Crippen molar-refractivity contribution < 1.29 is 14.3 Å². The number of ether oxygens (including phenoxy) is 2. The van der Waals surface area contributed by atoms with E-state index in [4.69, 9.17) is 9.47 Å². The molecule has 4 heterocycles. The molecule has 8 nitrogen and oxygen atoms in total. The number of hydrogen-bond donors (Lipinski definition) is 1. The Kier molecular flexibility index (Phi) is 5.78. The van der Waals surface area contributed by atoms with Crippen LogP contribution in [0.25, 0.3) is 27.7 Å². The van der Waals surface area contributed by atoms with Gasteiger partial charge in [0.15, 0.2) is 0 Å². The number of rotatable bonds is 5. The lowest BCUT2D eigenvalue weighted by molar-refractivity contribution is 0.0600. The van der Waals surface area contributed by atoms with Crippen LogP contribution in [0.4, 0.5) is 0 Å². The molecular formula is C24H23N5O3S. The highest BCUT2D eigenvalue weighted by atomic mass is 32.1. The molecule has 0 aromatic carbocycles. The lowest BCUT2D eigenvalue weighted by Gasteiger charge is -2.10. The van der Waals surface area contributed by atoms with Gasteiger partial charge in [0.2, 0.25) is 5.88 Å². The van der Waals surface area contributed by atoms with E-state index in [1.165, 1.54) is 7.11 Å². The maximum Gasteiger partial charge on any atom is 0.341 e. The summed E-state index contributed by atoms with van der Waals surface area (Å²) in [5.74, 6) is 0.542. The molecule has 0 saturated carbocycles. The molecule has 0 atom stereocenters. The van der Waals surface area contributed by atoms with E-state index in [2.05, 4.69) is 21.0 Å². The molecule has 0 aliphatic rings. The highest BCUT2D eigenvalue weighted by molar-refractivity contribution is 7.15. The van der Waals surface area contributed by atoms with Crippen LogP contribution in [0.15, 0.2) is 18.3 Å². The van der Waals surface area contributed by atoms with Gasteiger partial charge in [-0.3, -0.25) is 0 Å². The third-order valence-corrected chi connectivity index (χ3v) is 6.85. The summed E-state index contributed by atoms with van der Waals surface area (Å²) in [6.07, 6.45) is 3.42. The Morgan fingerprint density at radius 3 is 2.67 bits per heavy atom. The number of fused-ring (bicyclic) bond motifs is 1. The molecule has 33 heavy (non-hydrogen) atoms. The molecule has 9 heteroatoms. The molecule has 0 saturated heterocycles. The number of esters is 1. The predicted octanol–water partition coefficient (Wildman–Crippen LogP) is 4.90. The number of nitriles is 1. The average molecular weight is 462 g/mol. The Bertz CT molecular complexity index is 1470. The highest BCUT2D eigenvalue weighted by Crippen LogP contribution is 2.35. The second kappa shape index (κ2) is 8.56. The van der Waals surface area contributed by atoms with E-state index in [9.17, 15) is 10.1 Å². The van der Waals surface area contributed by atoms with Crippen LogP contribution >= 0.6 is 11.3 Å². The standard InChI is InChI=1S/C24H23N5O3S/c1-12-7-16(14(3)29(12)23-21(24(30)32-6)13(2)15(4)33-23)8-17(10-25)22-27-18-9-20(31-5)26-11-19(18)28-22/h7-9,11H,1-6H3,(H,27,28). The molecule has 4 rings (SSSR count). The van der Waals surface area contributed by atoms with Crippen molar-refractivity contribution in [3.05, 3.63) is 57.1 Å². The van der Waals surface area contributed by atoms with Crippen molar-refractivity contribution in [2.75, 3.05) is 14.2 Å². The summed E-state index contributed by atoms with van der Waals surface area (Å²) < 4.78 is 12.2. The summed E-state index contributed by atoms with van der Waals surface area (Å²) >= 11 is 1.55. The van der Waals surface area contributed by atoms with E-state index in [0.29, 0.717) is 33.9 Å². The Morgan fingerprint density at radius 1 is 1.24 bits per heavy atom. The Labute approximate surface area is 195 Å². The SMILES string of the molecule is COC(=O)c1c(-n2c(C)cc(C=C(C#N)c3nc4cc(OC)ncc4[nH]3)c2C)sc(C)c1C. The summed E-state index contributed by atoms with van der Waals surface area (Å²) in [5, 5.41) is 10.7. The molecule has 0 bridgehead atoms. The fraction of sp³-hybridized carbons (Fsp3) is 0.250. The number of H-pyrrole nitrogens is 1. The van der Waals surface area contributed by atoms with Gasteiger partial charge in [-0.05, 0) is 51.0 Å². The quantitative estimate of drug-likeness (QED) is 0.335. The Balaban J connectivity index is 1.82. The summed E-state index contributed by atoms with van der Waals surface area (Å²) in [7, 11) is 2.93. The molecule has 0 aliphatic carbocycles. The van der Waals surface area contributed by atoms with Crippen molar-refractivity contribution >= 4 is 40.0 Å². The third kappa shape index (κ3) is 3.79. The first kappa shape index (κ1) is 22.3. The molecule has 168 valence electrons. The van der Waals surface area contributed by atoms with Crippen LogP contribution in [0.1, 0.15) is 43.6 Å². The largest absolute Gasteiger partial charge is 0.481 e. The second-order valence-electron chi connectivity index (χ2n) is 7.62. The van der Waals surface area contributed by atoms with Crippen LogP contribution in [0.3, 0.4) is 0 Å². The fourth-order valence-electron chi connectivity index (χ4n) is 3.79. The summed E-state index contributed by atoms with van der Waals surface area (Å²) in [5.41, 5.74) is 5.96. The number of thiophene rings is 1. The minimum Gasteiger partial charge on any atom is -0.481 e. The van der Waals surface area contributed by atoms with Crippen LogP contribution in [0, 0.1) is 39.0 Å². The highest BCUT2D eigenvalue weighted by Gasteiger charge is 2.24. The van der Waals surface area contributed by atoms with E-state index in [1.807, 2.05) is 38.3 Å². The second-order valence-corrected chi connectivity index (χ2v) is 8.82. The Hall–Kier alpha value is -3.90. The van der Waals surface area contributed by atoms with Gasteiger partial charge in [-0.15, -0.1) is 11.3 Å². The number of imidazole rings is 1. The predicted molar refractivity (Wildman–Crippen MR) is 128 cm³/mol. The third-order valence-electron chi connectivity index (χ3n) is 5.66.